The van der Waals surface area contributed by atoms with Gasteiger partial charge < -0.3 is 19.7 Å². The molecule has 0 saturated heterocycles. The van der Waals surface area contributed by atoms with Gasteiger partial charge >= 0.3 is 18.0 Å². The van der Waals surface area contributed by atoms with Gasteiger partial charge in [0.2, 0.25) is 0 Å². The molecule has 0 aromatic heterocycles. The van der Waals surface area contributed by atoms with Crippen LogP contribution in [0.4, 0.5) is 4.79 Å². The predicted octanol–water partition coefficient (Wildman–Crippen LogP) is -0.0925. The molecule has 3 atom stereocenters. The Kier molecular flexibility index (Phi) is 5.62. The van der Waals surface area contributed by atoms with Crippen molar-refractivity contribution in [1.82, 2.24) is 5.32 Å². The molecule has 0 saturated carbocycles. The second kappa shape index (κ2) is 6.19. The lowest BCUT2D eigenvalue weighted by atomic mass is 10.3. The molecule has 2 N–H and O–H groups in total. The van der Waals surface area contributed by atoms with Crippen molar-refractivity contribution in [2.24, 2.45) is 0 Å². The fourth-order valence-electron chi connectivity index (χ4n) is 0.596. The number of carbonyl (C=O) groups is 3. The van der Waals surface area contributed by atoms with Crippen molar-refractivity contribution in [2.75, 3.05) is 0 Å². The number of hydrogen-bond acceptors (Lipinski definition) is 5. The number of aliphatic carboxylic acids is 1. The smallest absolute Gasteiger partial charge is 0.409 e. The van der Waals surface area contributed by atoms with Crippen LogP contribution in [-0.2, 0) is 18.8 Å². The van der Waals surface area contributed by atoms with E-state index in [-0.39, 0.29) is 0 Å². The topological polar surface area (TPSA) is 102 Å². The third-order valence-electron chi connectivity index (χ3n) is 1.44. The van der Waals surface area contributed by atoms with Crippen LogP contribution in [-0.4, -0.2) is 35.3 Å². The van der Waals surface area contributed by atoms with Gasteiger partial charge in [0.1, 0.15) is 6.04 Å². The molecule has 7 nitrogen and oxygen atoms in total. The van der Waals surface area contributed by atoms with E-state index >= 15 is 0 Å². The van der Waals surface area contributed by atoms with E-state index < -0.39 is 30.2 Å². The van der Waals surface area contributed by atoms with Gasteiger partial charge in [-0.15, -0.1) is 0 Å². The second-order valence-electron chi connectivity index (χ2n) is 2.69. The van der Waals surface area contributed by atoms with Crippen LogP contribution in [0, 0.1) is 0 Å². The number of rotatable bonds is 4. The Bertz CT molecular complexity index is 268. The zero-order valence-electron chi connectivity index (χ0n) is 8.22. The Hall–Kier alpha value is -1.36. The first-order valence-corrected chi connectivity index (χ1v) is 4.46. The van der Waals surface area contributed by atoms with Crippen LogP contribution < -0.4 is 5.32 Å². The average Bonchev–Trinajstić information content (AvgIpc) is 2.16. The number of carboxylic acid groups (broad SMARTS) is 1. The largest absolute Gasteiger partial charge is 0.479 e. The molecule has 0 spiro atoms. The third-order valence-corrected chi connectivity index (χ3v) is 1.65. The molecule has 0 aliphatic heterocycles. The van der Waals surface area contributed by atoms with E-state index in [1.165, 1.54) is 13.8 Å². The summed E-state index contributed by atoms with van der Waals surface area (Å²) < 4.78 is 8.67. The summed E-state index contributed by atoms with van der Waals surface area (Å²) in [6, 6.07) is -0.972. The number of esters is 1. The first-order valence-electron chi connectivity index (χ1n) is 3.99. The standard InChI is InChI=1S/C7H12NO6P/c1-3(8-7(12)14-15)6(11)13-4(2)5(9)10/h3-4H,15H2,1-2H3,(H,8,12)(H,9,10). The summed E-state index contributed by atoms with van der Waals surface area (Å²) in [7, 11) is 1.71. The minimum absolute atomic E-state index is 0.826. The van der Waals surface area contributed by atoms with Gasteiger partial charge in [0, 0.05) is 0 Å². The van der Waals surface area contributed by atoms with Crippen molar-refractivity contribution in [3.05, 3.63) is 0 Å². The first kappa shape index (κ1) is 13.6. The fraction of sp³-hybridized carbons (Fsp3) is 0.571. The number of hydrogen-bond donors (Lipinski definition) is 2. The molecular weight excluding hydrogens is 225 g/mol. The maximum Gasteiger partial charge on any atom is 0.409 e. The molecule has 0 aromatic carbocycles. The lowest BCUT2D eigenvalue weighted by Crippen LogP contribution is -2.41. The quantitative estimate of drug-likeness (QED) is 0.523. The summed E-state index contributed by atoms with van der Waals surface area (Å²) in [6.07, 6.45) is -2.08. The minimum atomic E-state index is -1.26. The third kappa shape index (κ3) is 5.17. The highest BCUT2D eigenvalue weighted by Crippen LogP contribution is 1.97. The maximum atomic E-state index is 11.1. The lowest BCUT2D eigenvalue weighted by Gasteiger charge is -2.14. The van der Waals surface area contributed by atoms with E-state index in [4.69, 9.17) is 5.11 Å². The predicted molar refractivity (Wildman–Crippen MR) is 52.0 cm³/mol. The van der Waals surface area contributed by atoms with Crippen LogP contribution in [0.2, 0.25) is 0 Å². The molecular formula is C7H12NO6P. The van der Waals surface area contributed by atoms with Crippen molar-refractivity contribution in [1.29, 1.82) is 0 Å². The van der Waals surface area contributed by atoms with Gasteiger partial charge in [-0.1, -0.05) is 0 Å². The van der Waals surface area contributed by atoms with Crippen LogP contribution in [0.15, 0.2) is 0 Å². The normalized spacial score (nSPS) is 13.5. The van der Waals surface area contributed by atoms with Crippen LogP contribution in [0.3, 0.4) is 0 Å². The summed E-state index contributed by atoms with van der Waals surface area (Å²) >= 11 is 0. The van der Waals surface area contributed by atoms with Crippen LogP contribution >= 0.6 is 9.47 Å². The summed E-state index contributed by atoms with van der Waals surface area (Å²) in [5.74, 6) is -2.11. The Balaban J connectivity index is 4.10. The van der Waals surface area contributed by atoms with Crippen molar-refractivity contribution >= 4 is 27.5 Å². The highest BCUT2D eigenvalue weighted by molar-refractivity contribution is 7.10. The van der Waals surface area contributed by atoms with Gasteiger partial charge in [0.25, 0.3) is 0 Å². The fourth-order valence-corrected chi connectivity index (χ4v) is 0.664. The Morgan fingerprint density at radius 3 is 2.27 bits per heavy atom. The van der Waals surface area contributed by atoms with E-state index in [9.17, 15) is 14.4 Å². The molecule has 15 heavy (non-hydrogen) atoms. The molecule has 8 heteroatoms. The Labute approximate surface area is 88.4 Å². The second-order valence-corrected chi connectivity index (χ2v) is 2.92. The van der Waals surface area contributed by atoms with E-state index in [0.717, 1.165) is 0 Å². The Morgan fingerprint density at radius 1 is 1.33 bits per heavy atom. The minimum Gasteiger partial charge on any atom is -0.479 e. The monoisotopic (exact) mass is 237 g/mol. The van der Waals surface area contributed by atoms with Gasteiger partial charge in [-0.2, -0.15) is 0 Å². The van der Waals surface area contributed by atoms with Crippen LogP contribution in [0.25, 0.3) is 0 Å². The Morgan fingerprint density at radius 2 is 1.87 bits per heavy atom. The van der Waals surface area contributed by atoms with Crippen molar-refractivity contribution in [3.8, 4) is 0 Å². The lowest BCUT2D eigenvalue weighted by molar-refractivity contribution is -0.163. The molecule has 0 bridgehead atoms. The van der Waals surface area contributed by atoms with Crippen molar-refractivity contribution in [3.63, 3.8) is 0 Å². The van der Waals surface area contributed by atoms with Crippen molar-refractivity contribution < 1.29 is 28.8 Å². The van der Waals surface area contributed by atoms with Crippen LogP contribution in [0.5, 0.6) is 0 Å². The van der Waals surface area contributed by atoms with Gasteiger partial charge in [-0.3, -0.25) is 0 Å². The number of nitrogens with one attached hydrogen (secondary N) is 1. The average molecular weight is 237 g/mol. The van der Waals surface area contributed by atoms with Gasteiger partial charge in [0.15, 0.2) is 6.10 Å². The van der Waals surface area contributed by atoms with Gasteiger partial charge in [0.05, 0.1) is 9.47 Å². The number of amides is 1. The van der Waals surface area contributed by atoms with Gasteiger partial charge in [-0.05, 0) is 13.8 Å². The highest BCUT2D eigenvalue weighted by Gasteiger charge is 2.22. The van der Waals surface area contributed by atoms with E-state index in [1.807, 2.05) is 0 Å². The maximum absolute atomic E-state index is 11.1. The summed E-state index contributed by atoms with van der Waals surface area (Å²) in [4.78, 5) is 32.2. The molecule has 86 valence electrons. The van der Waals surface area contributed by atoms with E-state index in [0.29, 0.717) is 0 Å². The van der Waals surface area contributed by atoms with Crippen molar-refractivity contribution in [2.45, 2.75) is 26.0 Å². The zero-order valence-corrected chi connectivity index (χ0v) is 9.38. The molecule has 3 unspecified atom stereocenters. The summed E-state index contributed by atoms with van der Waals surface area (Å²) in [6.45, 7) is 2.55. The molecule has 0 aliphatic carbocycles. The molecule has 0 fully saturated rings. The molecule has 0 aromatic rings. The number of carboxylic acids is 1. The molecule has 0 rings (SSSR count). The highest BCUT2D eigenvalue weighted by atomic mass is 31.0. The molecule has 0 radical (unpaired) electrons. The molecule has 0 heterocycles. The van der Waals surface area contributed by atoms with E-state index in [1.54, 1.807) is 9.47 Å². The summed E-state index contributed by atoms with van der Waals surface area (Å²) in [5.41, 5.74) is 0. The molecule has 1 amide bonds. The zero-order chi connectivity index (χ0) is 12.0. The first-order chi connectivity index (χ1) is 6.88. The number of ether oxygens (including phenoxy) is 1. The summed E-state index contributed by atoms with van der Waals surface area (Å²) in [5, 5.41) is 10.6. The van der Waals surface area contributed by atoms with E-state index in [2.05, 4.69) is 14.6 Å². The molecule has 0 aliphatic rings. The van der Waals surface area contributed by atoms with Gasteiger partial charge in [-0.25, -0.2) is 14.4 Å². The number of carbonyl (C=O) groups excluding carboxylic acids is 2. The van der Waals surface area contributed by atoms with Crippen LogP contribution in [0.1, 0.15) is 13.8 Å². The SMILES string of the molecule is CC(NC(=O)OP)C(=O)OC(C)C(=O)O.